The van der Waals surface area contributed by atoms with E-state index in [0.29, 0.717) is 28.8 Å². The predicted octanol–water partition coefficient (Wildman–Crippen LogP) is 4.54. The molecular formula is C23H19FN2O3S2. The molecule has 0 aliphatic heterocycles. The fourth-order valence-corrected chi connectivity index (χ4v) is 4.82. The first-order valence-corrected chi connectivity index (χ1v) is 12.1. The van der Waals surface area contributed by atoms with Gasteiger partial charge in [-0.2, -0.15) is 5.10 Å². The molecule has 158 valence electrons. The molecule has 0 saturated heterocycles. The summed E-state index contributed by atoms with van der Waals surface area (Å²) in [5, 5.41) is 4.35. The van der Waals surface area contributed by atoms with Crippen molar-refractivity contribution in [1.29, 1.82) is 0 Å². The highest BCUT2D eigenvalue weighted by molar-refractivity contribution is 7.90. The predicted molar refractivity (Wildman–Crippen MR) is 121 cm³/mol. The summed E-state index contributed by atoms with van der Waals surface area (Å²) in [6.07, 6.45) is 2.73. The summed E-state index contributed by atoms with van der Waals surface area (Å²) in [5.74, 6) is -0.397. The second-order valence-electron chi connectivity index (χ2n) is 7.21. The third-order valence-electron chi connectivity index (χ3n) is 4.87. The lowest BCUT2D eigenvalue weighted by molar-refractivity contribution is 0.602. The van der Waals surface area contributed by atoms with E-state index in [0.717, 1.165) is 16.0 Å². The minimum absolute atomic E-state index is 0.189. The molecule has 8 heteroatoms. The van der Waals surface area contributed by atoms with E-state index in [1.807, 2.05) is 19.1 Å². The Morgan fingerprint density at radius 2 is 1.61 bits per heavy atom. The Hall–Kier alpha value is -3.10. The number of aromatic nitrogens is 2. The van der Waals surface area contributed by atoms with Crippen LogP contribution in [0, 0.1) is 12.7 Å². The summed E-state index contributed by atoms with van der Waals surface area (Å²) in [7, 11) is -3.34. The molecule has 2 aromatic carbocycles. The molecule has 0 fully saturated rings. The number of aryl methyl sites for hydroxylation is 1. The maximum Gasteiger partial charge on any atom is 0.275 e. The van der Waals surface area contributed by atoms with Gasteiger partial charge in [0.1, 0.15) is 5.82 Å². The Balaban J connectivity index is 1.87. The molecule has 0 N–H and O–H groups in total. The molecule has 0 spiro atoms. The Bertz CT molecular complexity index is 1400. The van der Waals surface area contributed by atoms with Crippen LogP contribution in [0.4, 0.5) is 4.39 Å². The standard InChI is InChI=1S/C23H19FN2O3S2/c1-15-3-10-19(30-15)14-26-23(27)22(17-4-8-18(24)9-5-17)21(13-25-26)16-6-11-20(12-7-16)31(2,28)29/h3-13H,14H2,1-2H3. The van der Waals surface area contributed by atoms with E-state index >= 15 is 0 Å². The summed E-state index contributed by atoms with van der Waals surface area (Å²) in [5.41, 5.74) is 1.84. The molecule has 0 atom stereocenters. The highest BCUT2D eigenvalue weighted by atomic mass is 32.2. The van der Waals surface area contributed by atoms with Crippen molar-refractivity contribution in [3.05, 3.63) is 92.8 Å². The molecule has 0 amide bonds. The van der Waals surface area contributed by atoms with Gasteiger partial charge in [-0.25, -0.2) is 17.5 Å². The second kappa shape index (κ2) is 8.20. The lowest BCUT2D eigenvalue weighted by Gasteiger charge is -2.13. The maximum absolute atomic E-state index is 13.5. The zero-order valence-corrected chi connectivity index (χ0v) is 18.5. The molecule has 4 rings (SSSR count). The van der Waals surface area contributed by atoms with E-state index < -0.39 is 15.7 Å². The largest absolute Gasteiger partial charge is 0.275 e. The van der Waals surface area contributed by atoms with E-state index in [1.54, 1.807) is 41.8 Å². The van der Waals surface area contributed by atoms with Gasteiger partial charge in [0.25, 0.3) is 5.56 Å². The minimum atomic E-state index is -3.34. The van der Waals surface area contributed by atoms with E-state index in [9.17, 15) is 17.6 Å². The number of rotatable bonds is 5. The fraction of sp³-hybridized carbons (Fsp3) is 0.130. The molecule has 2 aromatic heterocycles. The van der Waals surface area contributed by atoms with Crippen LogP contribution in [-0.4, -0.2) is 24.5 Å². The minimum Gasteiger partial charge on any atom is -0.267 e. The zero-order valence-electron chi connectivity index (χ0n) is 16.9. The van der Waals surface area contributed by atoms with Gasteiger partial charge >= 0.3 is 0 Å². The lowest BCUT2D eigenvalue weighted by Crippen LogP contribution is -2.25. The van der Waals surface area contributed by atoms with Crippen LogP contribution in [0.3, 0.4) is 0 Å². The van der Waals surface area contributed by atoms with Crippen molar-refractivity contribution in [2.45, 2.75) is 18.4 Å². The number of benzene rings is 2. The van der Waals surface area contributed by atoms with E-state index in [4.69, 9.17) is 0 Å². The van der Waals surface area contributed by atoms with E-state index in [1.165, 1.54) is 28.9 Å². The van der Waals surface area contributed by atoms with Crippen LogP contribution in [0.1, 0.15) is 9.75 Å². The number of halogens is 1. The molecule has 0 radical (unpaired) electrons. The number of thiophene rings is 1. The molecule has 5 nitrogen and oxygen atoms in total. The SMILES string of the molecule is Cc1ccc(Cn2ncc(-c3ccc(S(C)(=O)=O)cc3)c(-c3ccc(F)cc3)c2=O)s1. The van der Waals surface area contributed by atoms with E-state index in [-0.39, 0.29) is 10.5 Å². The second-order valence-corrected chi connectivity index (χ2v) is 10.6. The van der Waals surface area contributed by atoms with Crippen molar-refractivity contribution in [3.63, 3.8) is 0 Å². The van der Waals surface area contributed by atoms with Crippen LogP contribution < -0.4 is 5.56 Å². The summed E-state index contributed by atoms with van der Waals surface area (Å²) < 4.78 is 38.4. The van der Waals surface area contributed by atoms with Crippen LogP contribution in [0.25, 0.3) is 22.3 Å². The smallest absolute Gasteiger partial charge is 0.267 e. The molecule has 0 saturated carbocycles. The molecule has 0 bridgehead atoms. The monoisotopic (exact) mass is 454 g/mol. The molecule has 0 unspecified atom stereocenters. The molecule has 31 heavy (non-hydrogen) atoms. The summed E-state index contributed by atoms with van der Waals surface area (Å²) in [4.78, 5) is 15.7. The molecule has 4 aromatic rings. The van der Waals surface area contributed by atoms with Crippen LogP contribution >= 0.6 is 11.3 Å². The van der Waals surface area contributed by atoms with E-state index in [2.05, 4.69) is 5.10 Å². The molecule has 0 aliphatic carbocycles. The molecular weight excluding hydrogens is 435 g/mol. The quantitative estimate of drug-likeness (QED) is 0.444. The Kier molecular flexibility index (Phi) is 5.60. The van der Waals surface area contributed by atoms with Gasteiger partial charge in [0.15, 0.2) is 9.84 Å². The van der Waals surface area contributed by atoms with Crippen LogP contribution in [0.15, 0.2) is 76.6 Å². The fourth-order valence-electron chi connectivity index (χ4n) is 3.32. The average molecular weight is 455 g/mol. The summed E-state index contributed by atoms with van der Waals surface area (Å²) in [6.45, 7) is 2.33. The topological polar surface area (TPSA) is 69.0 Å². The van der Waals surface area contributed by atoms with Gasteiger partial charge in [-0.15, -0.1) is 11.3 Å². The average Bonchev–Trinajstić information content (AvgIpc) is 3.14. The van der Waals surface area contributed by atoms with Crippen LogP contribution in [0.2, 0.25) is 0 Å². The van der Waals surface area contributed by atoms with Gasteiger partial charge in [0.05, 0.1) is 23.2 Å². The first-order valence-electron chi connectivity index (χ1n) is 9.44. The number of sulfone groups is 1. The van der Waals surface area contributed by atoms with Crippen molar-refractivity contribution in [1.82, 2.24) is 9.78 Å². The first-order chi connectivity index (χ1) is 14.7. The number of hydrogen-bond acceptors (Lipinski definition) is 5. The molecule has 2 heterocycles. The summed E-state index contributed by atoms with van der Waals surface area (Å²) >= 11 is 1.59. The third-order valence-corrected chi connectivity index (χ3v) is 6.99. The number of hydrogen-bond donors (Lipinski definition) is 0. The van der Waals surface area contributed by atoms with Gasteiger partial charge in [0.2, 0.25) is 0 Å². The normalized spacial score (nSPS) is 11.6. The van der Waals surface area contributed by atoms with Crippen molar-refractivity contribution in [2.75, 3.05) is 6.26 Å². The number of nitrogens with zero attached hydrogens (tertiary/aromatic N) is 2. The lowest BCUT2D eigenvalue weighted by atomic mass is 9.97. The third kappa shape index (κ3) is 4.50. The summed E-state index contributed by atoms with van der Waals surface area (Å²) in [6, 6.07) is 16.0. The van der Waals surface area contributed by atoms with Crippen LogP contribution in [-0.2, 0) is 16.4 Å². The van der Waals surface area contributed by atoms with Gasteiger partial charge in [-0.1, -0.05) is 24.3 Å². The zero-order chi connectivity index (χ0) is 22.2. The molecule has 0 aliphatic rings. The Morgan fingerprint density at radius 3 is 2.19 bits per heavy atom. The van der Waals surface area contributed by atoms with Crippen molar-refractivity contribution >= 4 is 21.2 Å². The Morgan fingerprint density at radius 1 is 0.968 bits per heavy atom. The van der Waals surface area contributed by atoms with Gasteiger partial charge in [-0.05, 0) is 54.4 Å². The van der Waals surface area contributed by atoms with Crippen molar-refractivity contribution < 1.29 is 12.8 Å². The van der Waals surface area contributed by atoms with Crippen molar-refractivity contribution in [2.24, 2.45) is 0 Å². The first kappa shape index (κ1) is 21.1. The van der Waals surface area contributed by atoms with Gasteiger partial charge in [-0.3, -0.25) is 4.79 Å². The highest BCUT2D eigenvalue weighted by Gasteiger charge is 2.17. The maximum atomic E-state index is 13.5. The highest BCUT2D eigenvalue weighted by Crippen LogP contribution is 2.30. The van der Waals surface area contributed by atoms with Crippen LogP contribution in [0.5, 0.6) is 0 Å². The Labute approximate surface area is 183 Å². The van der Waals surface area contributed by atoms with Gasteiger partial charge in [0, 0.05) is 21.6 Å². The van der Waals surface area contributed by atoms with Crippen molar-refractivity contribution in [3.8, 4) is 22.3 Å². The van der Waals surface area contributed by atoms with Gasteiger partial charge < -0.3 is 0 Å².